The summed E-state index contributed by atoms with van der Waals surface area (Å²) in [7, 11) is 0. The molecule has 0 radical (unpaired) electrons. The Morgan fingerprint density at radius 3 is 3.14 bits per heavy atom. The molecule has 0 N–H and O–H groups in total. The second-order valence-electron chi connectivity index (χ2n) is 5.42. The Morgan fingerprint density at radius 1 is 1.52 bits per heavy atom. The maximum Gasteiger partial charge on any atom is 0.255 e. The van der Waals surface area contributed by atoms with Crippen molar-refractivity contribution in [1.82, 2.24) is 20.0 Å². The number of aryl methyl sites for hydroxylation is 2. The molecule has 2 aromatic heterocycles. The van der Waals surface area contributed by atoms with Crippen LogP contribution < -0.4 is 0 Å². The lowest BCUT2D eigenvalue weighted by Crippen LogP contribution is -2.28. The van der Waals surface area contributed by atoms with Gasteiger partial charge in [0.05, 0.1) is 5.56 Å². The van der Waals surface area contributed by atoms with Crippen molar-refractivity contribution in [3.63, 3.8) is 0 Å². The Hall–Kier alpha value is -2.24. The average Bonchev–Trinajstić information content (AvgIpc) is 3.14. The number of likely N-dealkylation sites (tertiary alicyclic amines) is 1. The molecule has 1 aliphatic rings. The van der Waals surface area contributed by atoms with Crippen molar-refractivity contribution < 1.29 is 9.32 Å². The molecule has 6 nitrogen and oxygen atoms in total. The van der Waals surface area contributed by atoms with Crippen LogP contribution in [0.25, 0.3) is 0 Å². The predicted molar refractivity (Wildman–Crippen MR) is 75.6 cm³/mol. The summed E-state index contributed by atoms with van der Waals surface area (Å²) < 4.78 is 4.96. The van der Waals surface area contributed by atoms with Gasteiger partial charge in [0.1, 0.15) is 0 Å². The van der Waals surface area contributed by atoms with Gasteiger partial charge in [0, 0.05) is 38.8 Å². The van der Waals surface area contributed by atoms with Gasteiger partial charge in [-0.05, 0) is 30.9 Å². The molecule has 0 spiro atoms. The van der Waals surface area contributed by atoms with Crippen molar-refractivity contribution in [3.8, 4) is 0 Å². The van der Waals surface area contributed by atoms with Gasteiger partial charge in [0.2, 0.25) is 5.89 Å². The topological polar surface area (TPSA) is 72.1 Å². The molecule has 3 rings (SSSR count). The first-order chi connectivity index (χ1) is 10.2. The zero-order chi connectivity index (χ0) is 14.7. The smallest absolute Gasteiger partial charge is 0.255 e. The third-order valence-corrected chi connectivity index (χ3v) is 3.83. The van der Waals surface area contributed by atoms with E-state index in [9.17, 15) is 4.79 Å². The Bertz CT molecular complexity index is 611. The molecule has 110 valence electrons. The fourth-order valence-corrected chi connectivity index (χ4v) is 2.70. The van der Waals surface area contributed by atoms with E-state index in [0.29, 0.717) is 17.4 Å². The van der Waals surface area contributed by atoms with Crippen molar-refractivity contribution in [3.05, 3.63) is 41.8 Å². The average molecular weight is 286 g/mol. The highest BCUT2D eigenvalue weighted by atomic mass is 16.5. The highest BCUT2D eigenvalue weighted by molar-refractivity contribution is 5.94. The largest absolute Gasteiger partial charge is 0.340 e. The highest BCUT2D eigenvalue weighted by Crippen LogP contribution is 2.22. The first-order valence-electron chi connectivity index (χ1n) is 7.21. The first-order valence-corrected chi connectivity index (χ1v) is 7.21. The van der Waals surface area contributed by atoms with Crippen LogP contribution in [0, 0.1) is 12.8 Å². The molecule has 6 heteroatoms. The van der Waals surface area contributed by atoms with E-state index in [1.807, 2.05) is 11.0 Å². The van der Waals surface area contributed by atoms with Gasteiger partial charge < -0.3 is 9.42 Å². The van der Waals surface area contributed by atoms with Gasteiger partial charge in [-0.25, -0.2) is 0 Å². The number of pyridine rings is 1. The molecule has 1 fully saturated rings. The van der Waals surface area contributed by atoms with E-state index in [1.54, 1.807) is 25.4 Å². The summed E-state index contributed by atoms with van der Waals surface area (Å²) in [5.74, 6) is 1.93. The molecule has 2 aromatic rings. The predicted octanol–water partition coefficient (Wildman–Crippen LogP) is 1.87. The summed E-state index contributed by atoms with van der Waals surface area (Å²) in [6.45, 7) is 3.40. The summed E-state index contributed by atoms with van der Waals surface area (Å²) in [4.78, 5) is 22.4. The zero-order valence-electron chi connectivity index (χ0n) is 12.0. The van der Waals surface area contributed by atoms with Crippen LogP contribution in [0.4, 0.5) is 0 Å². The van der Waals surface area contributed by atoms with Crippen LogP contribution in [0.1, 0.15) is 34.9 Å². The van der Waals surface area contributed by atoms with E-state index in [-0.39, 0.29) is 5.91 Å². The van der Waals surface area contributed by atoms with Crippen LogP contribution in [0.3, 0.4) is 0 Å². The number of hydrogen-bond acceptors (Lipinski definition) is 5. The number of rotatable bonds is 4. The molecule has 0 aliphatic carbocycles. The Balaban J connectivity index is 1.52. The van der Waals surface area contributed by atoms with Crippen molar-refractivity contribution in [1.29, 1.82) is 0 Å². The maximum absolute atomic E-state index is 12.3. The fraction of sp³-hybridized carbons (Fsp3) is 0.467. The summed E-state index contributed by atoms with van der Waals surface area (Å²) in [6.07, 6.45) is 6.11. The molecular weight excluding hydrogens is 268 g/mol. The molecule has 0 aromatic carbocycles. The van der Waals surface area contributed by atoms with Crippen LogP contribution in [0.2, 0.25) is 0 Å². The summed E-state index contributed by atoms with van der Waals surface area (Å²) in [5.41, 5.74) is 0.659. The van der Waals surface area contributed by atoms with Gasteiger partial charge >= 0.3 is 0 Å². The van der Waals surface area contributed by atoms with E-state index < -0.39 is 0 Å². The van der Waals surface area contributed by atoms with E-state index in [0.717, 1.165) is 38.2 Å². The molecule has 0 bridgehead atoms. The number of hydrogen-bond donors (Lipinski definition) is 0. The highest BCUT2D eigenvalue weighted by Gasteiger charge is 2.27. The standard InChI is InChI=1S/C15H18N4O2/c1-11-17-14(18-21-11)5-4-12-6-8-19(10-12)15(20)13-3-2-7-16-9-13/h2-3,7,9,12H,4-6,8,10H2,1H3/t12-/m0/s1. The van der Waals surface area contributed by atoms with Crippen LogP contribution >= 0.6 is 0 Å². The van der Waals surface area contributed by atoms with E-state index in [2.05, 4.69) is 15.1 Å². The van der Waals surface area contributed by atoms with Gasteiger partial charge in [0.25, 0.3) is 5.91 Å². The second-order valence-corrected chi connectivity index (χ2v) is 5.42. The van der Waals surface area contributed by atoms with Crippen molar-refractivity contribution >= 4 is 5.91 Å². The third kappa shape index (κ3) is 3.26. The van der Waals surface area contributed by atoms with Crippen LogP contribution in [0.5, 0.6) is 0 Å². The molecular formula is C15H18N4O2. The minimum Gasteiger partial charge on any atom is -0.340 e. The van der Waals surface area contributed by atoms with Crippen molar-refractivity contribution in [2.75, 3.05) is 13.1 Å². The Kier molecular flexibility index (Phi) is 3.94. The first kappa shape index (κ1) is 13.7. The molecule has 1 aliphatic heterocycles. The van der Waals surface area contributed by atoms with E-state index in [4.69, 9.17) is 4.52 Å². The minimum atomic E-state index is 0.0704. The number of amides is 1. The number of aromatic nitrogens is 3. The number of nitrogens with zero attached hydrogens (tertiary/aromatic N) is 4. The van der Waals surface area contributed by atoms with Crippen LogP contribution in [0.15, 0.2) is 29.0 Å². The SMILES string of the molecule is Cc1nc(CC[C@H]2CCN(C(=O)c3cccnc3)C2)no1. The molecule has 1 amide bonds. The summed E-state index contributed by atoms with van der Waals surface area (Å²) >= 11 is 0. The quantitative estimate of drug-likeness (QED) is 0.858. The Morgan fingerprint density at radius 2 is 2.43 bits per heavy atom. The minimum absolute atomic E-state index is 0.0704. The van der Waals surface area contributed by atoms with Crippen LogP contribution in [-0.2, 0) is 6.42 Å². The normalized spacial score (nSPS) is 18.1. The number of carbonyl (C=O) groups is 1. The molecule has 0 saturated carbocycles. The molecule has 3 heterocycles. The van der Waals surface area contributed by atoms with E-state index in [1.165, 1.54) is 0 Å². The Labute approximate surface area is 123 Å². The van der Waals surface area contributed by atoms with E-state index >= 15 is 0 Å². The fourth-order valence-electron chi connectivity index (χ4n) is 2.70. The lowest BCUT2D eigenvalue weighted by Gasteiger charge is -2.16. The van der Waals surface area contributed by atoms with Gasteiger partial charge in [-0.3, -0.25) is 9.78 Å². The van der Waals surface area contributed by atoms with Crippen molar-refractivity contribution in [2.45, 2.75) is 26.2 Å². The maximum atomic E-state index is 12.3. The summed E-state index contributed by atoms with van der Waals surface area (Å²) in [5, 5.41) is 3.90. The van der Waals surface area contributed by atoms with Crippen LogP contribution in [-0.4, -0.2) is 39.0 Å². The second kappa shape index (κ2) is 6.03. The van der Waals surface area contributed by atoms with Gasteiger partial charge in [0.15, 0.2) is 5.82 Å². The van der Waals surface area contributed by atoms with Crippen molar-refractivity contribution in [2.24, 2.45) is 5.92 Å². The molecule has 1 saturated heterocycles. The lowest BCUT2D eigenvalue weighted by molar-refractivity contribution is 0.0786. The zero-order valence-corrected chi connectivity index (χ0v) is 12.0. The monoisotopic (exact) mass is 286 g/mol. The van der Waals surface area contributed by atoms with Gasteiger partial charge in [-0.15, -0.1) is 0 Å². The van der Waals surface area contributed by atoms with Gasteiger partial charge in [-0.2, -0.15) is 4.98 Å². The van der Waals surface area contributed by atoms with Gasteiger partial charge in [-0.1, -0.05) is 5.16 Å². The molecule has 21 heavy (non-hydrogen) atoms. The number of carbonyl (C=O) groups excluding carboxylic acids is 1. The third-order valence-electron chi connectivity index (χ3n) is 3.83. The molecule has 0 unspecified atom stereocenters. The lowest BCUT2D eigenvalue weighted by atomic mass is 10.0. The molecule has 1 atom stereocenters. The summed E-state index contributed by atoms with van der Waals surface area (Å²) in [6, 6.07) is 3.60.